The largest absolute Gasteiger partial charge is 0.647 e. The lowest BCUT2D eigenvalue weighted by Crippen LogP contribution is -2.18. The van der Waals surface area contributed by atoms with Crippen LogP contribution in [0.4, 0.5) is 0 Å². The van der Waals surface area contributed by atoms with Crippen LogP contribution in [0.25, 0.3) is 0 Å². The predicted octanol–water partition coefficient (Wildman–Crippen LogP) is 13.8. The van der Waals surface area contributed by atoms with Gasteiger partial charge in [-0.15, -0.1) is 0 Å². The van der Waals surface area contributed by atoms with Gasteiger partial charge in [0.05, 0.1) is 0 Å². The molecule has 0 atom stereocenters. The van der Waals surface area contributed by atoms with Gasteiger partial charge in [0.25, 0.3) is 0 Å². The fourth-order valence-electron chi connectivity index (χ4n) is 6.86. The third-order valence-corrected chi connectivity index (χ3v) is 11.8. The van der Waals surface area contributed by atoms with Gasteiger partial charge < -0.3 is 27.1 Å². The van der Waals surface area contributed by atoms with E-state index in [1.165, 1.54) is 0 Å². The molecule has 0 radical (unpaired) electrons. The van der Waals surface area contributed by atoms with Crippen LogP contribution in [0.5, 0.6) is 34.5 Å². The molecule has 57 heavy (non-hydrogen) atoms. The van der Waals surface area contributed by atoms with Crippen molar-refractivity contribution in [2.45, 2.75) is 74.7 Å². The Morgan fingerprint density at radius 1 is 0.316 bits per heavy atom. The van der Waals surface area contributed by atoms with Crippen LogP contribution < -0.4 is 27.1 Å². The molecular weight excluding hydrogens is 754 g/mol. The van der Waals surface area contributed by atoms with E-state index in [9.17, 15) is 9.13 Å². The van der Waals surface area contributed by atoms with Crippen molar-refractivity contribution >= 4 is 15.6 Å². The third-order valence-electron chi connectivity index (χ3n) is 9.24. The molecular formula is C47H50O8P2. The molecule has 0 N–H and O–H groups in total. The fourth-order valence-corrected chi connectivity index (χ4v) is 9.30. The second-order valence-electron chi connectivity index (χ2n) is 15.4. The highest BCUT2D eigenvalue weighted by molar-refractivity contribution is 7.50. The Labute approximate surface area is 337 Å². The SMILES string of the molecule is Cc1cc(C)cc(OP(=O)(Oc2ccc(C(C)(C)c3ccc(OP(=O)(Oc4cc(C)cc(C)c4)Oc4cc(C)cc(C)c4)cc3)cc2)Oc2cc(C)cc(C)c2)c1. The summed E-state index contributed by atoms with van der Waals surface area (Å²) in [4.78, 5) is 0. The molecule has 0 saturated heterocycles. The van der Waals surface area contributed by atoms with Crippen molar-refractivity contribution in [1.82, 2.24) is 0 Å². The number of hydrogen-bond donors (Lipinski definition) is 0. The van der Waals surface area contributed by atoms with E-state index in [0.29, 0.717) is 34.5 Å². The molecule has 0 aliphatic rings. The van der Waals surface area contributed by atoms with E-state index in [0.717, 1.165) is 55.6 Å². The minimum absolute atomic E-state index is 0.318. The third kappa shape index (κ3) is 10.9. The van der Waals surface area contributed by atoms with Crippen LogP contribution in [0.3, 0.4) is 0 Å². The molecule has 6 aromatic rings. The summed E-state index contributed by atoms with van der Waals surface area (Å²) in [5.74, 6) is 2.18. The Kier molecular flexibility index (Phi) is 12.0. The number of hydrogen-bond acceptors (Lipinski definition) is 8. The zero-order valence-corrected chi connectivity index (χ0v) is 36.0. The van der Waals surface area contributed by atoms with Crippen LogP contribution in [0.1, 0.15) is 69.5 Å². The number of phosphoric ester groups is 2. The molecule has 10 heteroatoms. The predicted molar refractivity (Wildman–Crippen MR) is 228 cm³/mol. The first-order chi connectivity index (χ1) is 26.8. The maximum atomic E-state index is 14.3. The van der Waals surface area contributed by atoms with Gasteiger partial charge in [0, 0.05) is 5.41 Å². The highest BCUT2D eigenvalue weighted by Crippen LogP contribution is 2.52. The zero-order valence-electron chi connectivity index (χ0n) is 34.2. The first-order valence-electron chi connectivity index (χ1n) is 18.8. The average molecular weight is 805 g/mol. The Bertz CT molecular complexity index is 2120. The Morgan fingerprint density at radius 3 is 0.719 bits per heavy atom. The van der Waals surface area contributed by atoms with Crippen molar-refractivity contribution in [2.75, 3.05) is 0 Å². The molecule has 0 aliphatic heterocycles. The van der Waals surface area contributed by atoms with Crippen molar-refractivity contribution in [3.63, 3.8) is 0 Å². The van der Waals surface area contributed by atoms with Crippen molar-refractivity contribution in [3.8, 4) is 34.5 Å². The smallest absolute Gasteiger partial charge is 0.386 e. The summed E-state index contributed by atoms with van der Waals surface area (Å²) >= 11 is 0. The van der Waals surface area contributed by atoms with Gasteiger partial charge in [0.2, 0.25) is 0 Å². The number of phosphoric acid groups is 2. The number of rotatable bonds is 14. The molecule has 0 spiro atoms. The second kappa shape index (κ2) is 16.6. The second-order valence-corrected chi connectivity index (χ2v) is 18.3. The zero-order chi connectivity index (χ0) is 41.1. The van der Waals surface area contributed by atoms with Gasteiger partial charge in [-0.2, -0.15) is 9.13 Å². The van der Waals surface area contributed by atoms with E-state index in [1.54, 1.807) is 72.8 Å². The van der Waals surface area contributed by atoms with Gasteiger partial charge in [0.15, 0.2) is 0 Å². The minimum Gasteiger partial charge on any atom is -0.386 e. The average Bonchev–Trinajstić information content (AvgIpc) is 3.06. The van der Waals surface area contributed by atoms with Crippen LogP contribution >= 0.6 is 15.6 Å². The van der Waals surface area contributed by atoms with Crippen molar-refractivity contribution in [3.05, 3.63) is 177 Å². The molecule has 0 bridgehead atoms. The maximum Gasteiger partial charge on any atom is 0.647 e. The lowest BCUT2D eigenvalue weighted by atomic mass is 9.78. The molecule has 0 aromatic heterocycles. The summed E-state index contributed by atoms with van der Waals surface area (Å²) in [5, 5.41) is 0. The van der Waals surface area contributed by atoms with Crippen LogP contribution in [0, 0.1) is 55.4 Å². The summed E-state index contributed by atoms with van der Waals surface area (Å²) in [5.41, 5.74) is 9.10. The maximum absolute atomic E-state index is 14.3. The normalized spacial score (nSPS) is 11.8. The number of benzene rings is 6. The van der Waals surface area contributed by atoms with Crippen molar-refractivity contribution in [2.24, 2.45) is 0 Å². The molecule has 296 valence electrons. The first kappa shape index (κ1) is 41.2. The van der Waals surface area contributed by atoms with E-state index in [2.05, 4.69) is 13.8 Å². The van der Waals surface area contributed by atoms with E-state index in [1.807, 2.05) is 104 Å². The van der Waals surface area contributed by atoms with Gasteiger partial charge in [-0.05, 0) is 184 Å². The van der Waals surface area contributed by atoms with Crippen molar-refractivity contribution in [1.29, 1.82) is 0 Å². The van der Waals surface area contributed by atoms with E-state index in [-0.39, 0.29) is 0 Å². The Hall–Kier alpha value is -5.42. The molecule has 6 aromatic carbocycles. The summed E-state index contributed by atoms with van der Waals surface area (Å²) < 4.78 is 64.9. The minimum atomic E-state index is -4.21. The number of aryl methyl sites for hydroxylation is 8. The monoisotopic (exact) mass is 804 g/mol. The molecule has 0 amide bonds. The van der Waals surface area contributed by atoms with Crippen molar-refractivity contribution < 1.29 is 36.3 Å². The van der Waals surface area contributed by atoms with Gasteiger partial charge in [0.1, 0.15) is 34.5 Å². The first-order valence-corrected chi connectivity index (χ1v) is 21.7. The van der Waals surface area contributed by atoms with Gasteiger partial charge >= 0.3 is 15.6 Å². The van der Waals surface area contributed by atoms with E-state index >= 15 is 0 Å². The summed E-state index contributed by atoms with van der Waals surface area (Å²) in [6, 6.07) is 37.1. The standard InChI is InChI=1S/C47H50O8P2/c1-31-19-32(2)24-43(23-31)52-56(48,53-44-25-33(3)20-34(4)26-44)50-41-15-11-39(12-16-41)47(9,10)40-13-17-42(18-14-40)51-57(49,54-45-27-35(5)21-36(6)28-45)55-46-29-37(7)22-38(8)30-46/h11-30H,1-10H3. The molecule has 0 saturated carbocycles. The Morgan fingerprint density at radius 2 is 0.509 bits per heavy atom. The van der Waals surface area contributed by atoms with Crippen LogP contribution in [-0.2, 0) is 14.5 Å². The molecule has 8 nitrogen and oxygen atoms in total. The lowest BCUT2D eigenvalue weighted by molar-refractivity contribution is 0.296. The summed E-state index contributed by atoms with van der Waals surface area (Å²) in [6.45, 7) is 19.7. The summed E-state index contributed by atoms with van der Waals surface area (Å²) in [7, 11) is -8.43. The molecule has 0 fully saturated rings. The van der Waals surface area contributed by atoms with Crippen LogP contribution in [0.2, 0.25) is 0 Å². The highest BCUT2D eigenvalue weighted by Gasteiger charge is 2.35. The highest BCUT2D eigenvalue weighted by atomic mass is 31.2. The van der Waals surface area contributed by atoms with E-state index in [4.69, 9.17) is 27.1 Å². The molecule has 6 rings (SSSR count). The molecule has 0 unspecified atom stereocenters. The Balaban J connectivity index is 1.22. The van der Waals surface area contributed by atoms with Crippen LogP contribution in [-0.4, -0.2) is 0 Å². The quantitative estimate of drug-likeness (QED) is 0.101. The molecule has 0 heterocycles. The van der Waals surface area contributed by atoms with Gasteiger partial charge in [-0.25, -0.2) is 0 Å². The fraction of sp³-hybridized carbons (Fsp3) is 0.234. The van der Waals surface area contributed by atoms with Gasteiger partial charge in [-0.1, -0.05) is 62.4 Å². The summed E-state index contributed by atoms with van der Waals surface area (Å²) in [6.07, 6.45) is 0. The van der Waals surface area contributed by atoms with Crippen LogP contribution in [0.15, 0.2) is 121 Å². The molecule has 0 aliphatic carbocycles. The topological polar surface area (TPSA) is 89.5 Å². The van der Waals surface area contributed by atoms with Gasteiger partial charge in [-0.3, -0.25) is 0 Å². The van der Waals surface area contributed by atoms with E-state index < -0.39 is 21.1 Å². The lowest BCUT2D eigenvalue weighted by Gasteiger charge is -2.27.